The third-order valence-corrected chi connectivity index (χ3v) is 6.50. The molecular weight excluding hydrogens is 392 g/mol. The predicted octanol–water partition coefficient (Wildman–Crippen LogP) is 4.60. The molecule has 0 radical (unpaired) electrons. The Kier molecular flexibility index (Phi) is 5.59. The quantitative estimate of drug-likeness (QED) is 0.492. The molecular formula is C21H21ClN4OS. The van der Waals surface area contributed by atoms with Crippen molar-refractivity contribution in [1.82, 2.24) is 15.2 Å². The molecule has 0 aliphatic heterocycles. The highest BCUT2D eigenvalue weighted by atomic mass is 35.5. The van der Waals surface area contributed by atoms with Gasteiger partial charge in [0.25, 0.3) is 5.91 Å². The van der Waals surface area contributed by atoms with E-state index in [0.29, 0.717) is 22.1 Å². The molecule has 1 aliphatic carbocycles. The maximum Gasteiger partial charge on any atom is 0.281 e. The zero-order valence-corrected chi connectivity index (χ0v) is 17.2. The number of rotatable bonds is 5. The van der Waals surface area contributed by atoms with E-state index in [1.165, 1.54) is 23.3 Å². The standard InChI is InChI=1S/C21H21ClN4OS/c1-14-17(20(22)26(25-14)13-15-7-3-2-4-8-15)12-23-24-21(27)19-11-16-9-5-6-10-18(16)28-19/h2-4,7-8,11-12H,5-6,9-10,13H2,1H3,(H,24,27). The van der Waals surface area contributed by atoms with E-state index in [1.54, 1.807) is 22.2 Å². The van der Waals surface area contributed by atoms with Gasteiger partial charge in [-0.2, -0.15) is 10.2 Å². The van der Waals surface area contributed by atoms with Gasteiger partial charge in [-0.05, 0) is 49.8 Å². The molecule has 0 saturated heterocycles. The minimum absolute atomic E-state index is 0.180. The Morgan fingerprint density at radius 2 is 2.11 bits per heavy atom. The van der Waals surface area contributed by atoms with Gasteiger partial charge in [-0.1, -0.05) is 41.9 Å². The van der Waals surface area contributed by atoms with Crippen molar-refractivity contribution in [2.24, 2.45) is 5.10 Å². The Labute approximate surface area is 173 Å². The summed E-state index contributed by atoms with van der Waals surface area (Å²) in [6, 6.07) is 12.0. The van der Waals surface area contributed by atoms with Crippen LogP contribution >= 0.6 is 22.9 Å². The molecule has 1 aliphatic rings. The molecule has 4 rings (SSSR count). The van der Waals surface area contributed by atoms with Crippen LogP contribution in [0.5, 0.6) is 0 Å². The lowest BCUT2D eigenvalue weighted by Gasteiger charge is -2.08. The summed E-state index contributed by atoms with van der Waals surface area (Å²) in [4.78, 5) is 14.4. The molecule has 0 atom stereocenters. The SMILES string of the molecule is Cc1nn(Cc2ccccc2)c(Cl)c1C=NNC(=O)c1cc2c(s1)CCCC2. The number of nitrogens with zero attached hydrogens (tertiary/aromatic N) is 3. The van der Waals surface area contributed by atoms with E-state index in [4.69, 9.17) is 11.6 Å². The van der Waals surface area contributed by atoms with Crippen molar-refractivity contribution in [2.75, 3.05) is 0 Å². The van der Waals surface area contributed by atoms with Gasteiger partial charge in [0.05, 0.1) is 28.9 Å². The Morgan fingerprint density at radius 3 is 2.89 bits per heavy atom. The first-order chi connectivity index (χ1) is 13.6. The van der Waals surface area contributed by atoms with Gasteiger partial charge in [-0.15, -0.1) is 11.3 Å². The van der Waals surface area contributed by atoms with Crippen LogP contribution in [0, 0.1) is 6.92 Å². The van der Waals surface area contributed by atoms with Gasteiger partial charge in [0.1, 0.15) is 5.15 Å². The van der Waals surface area contributed by atoms with Crippen molar-refractivity contribution >= 4 is 35.1 Å². The smallest absolute Gasteiger partial charge is 0.266 e. The molecule has 2 aromatic heterocycles. The van der Waals surface area contributed by atoms with E-state index < -0.39 is 0 Å². The van der Waals surface area contributed by atoms with Crippen LogP contribution in [0.15, 0.2) is 41.5 Å². The lowest BCUT2D eigenvalue weighted by molar-refractivity contribution is 0.0959. The van der Waals surface area contributed by atoms with Crippen molar-refractivity contribution < 1.29 is 4.79 Å². The molecule has 1 aromatic carbocycles. The first-order valence-electron chi connectivity index (χ1n) is 9.33. The summed E-state index contributed by atoms with van der Waals surface area (Å²) in [5.74, 6) is -0.180. The van der Waals surface area contributed by atoms with Gasteiger partial charge in [0.2, 0.25) is 0 Å². The highest BCUT2D eigenvalue weighted by Gasteiger charge is 2.17. The van der Waals surface area contributed by atoms with Crippen molar-refractivity contribution in [3.8, 4) is 0 Å². The number of halogens is 1. The molecule has 2 heterocycles. The van der Waals surface area contributed by atoms with Crippen LogP contribution in [-0.4, -0.2) is 21.9 Å². The molecule has 1 amide bonds. The number of carbonyl (C=O) groups excluding carboxylic acids is 1. The van der Waals surface area contributed by atoms with Gasteiger partial charge < -0.3 is 0 Å². The number of amides is 1. The van der Waals surface area contributed by atoms with Crippen LogP contribution in [0.2, 0.25) is 5.15 Å². The normalized spacial score (nSPS) is 13.6. The molecule has 1 N–H and O–H groups in total. The zero-order chi connectivity index (χ0) is 19.5. The number of hydrogen-bond donors (Lipinski definition) is 1. The topological polar surface area (TPSA) is 59.3 Å². The average molecular weight is 413 g/mol. The van der Waals surface area contributed by atoms with Gasteiger partial charge in [-0.3, -0.25) is 4.79 Å². The van der Waals surface area contributed by atoms with Crippen LogP contribution in [0.4, 0.5) is 0 Å². The summed E-state index contributed by atoms with van der Waals surface area (Å²) in [6.07, 6.45) is 6.12. The summed E-state index contributed by atoms with van der Waals surface area (Å²) in [7, 11) is 0. The molecule has 3 aromatic rings. The van der Waals surface area contributed by atoms with E-state index >= 15 is 0 Å². The number of hydrogen-bond acceptors (Lipinski definition) is 4. The maximum atomic E-state index is 12.4. The number of aromatic nitrogens is 2. The van der Waals surface area contributed by atoms with E-state index in [0.717, 1.165) is 24.1 Å². The Hall–Kier alpha value is -2.44. The Balaban J connectivity index is 1.44. The average Bonchev–Trinajstić information content (AvgIpc) is 3.25. The fourth-order valence-electron chi connectivity index (χ4n) is 3.39. The van der Waals surface area contributed by atoms with Crippen molar-refractivity contribution in [1.29, 1.82) is 0 Å². The number of fused-ring (bicyclic) bond motifs is 1. The molecule has 28 heavy (non-hydrogen) atoms. The summed E-state index contributed by atoms with van der Waals surface area (Å²) >= 11 is 8.05. The predicted molar refractivity (Wildman–Crippen MR) is 114 cm³/mol. The lowest BCUT2D eigenvalue weighted by Crippen LogP contribution is -2.16. The highest BCUT2D eigenvalue weighted by Crippen LogP contribution is 2.29. The van der Waals surface area contributed by atoms with Gasteiger partial charge >= 0.3 is 0 Å². The van der Waals surface area contributed by atoms with Crippen molar-refractivity contribution in [3.05, 3.63) is 73.7 Å². The summed E-state index contributed by atoms with van der Waals surface area (Å²) in [5, 5.41) is 9.10. The summed E-state index contributed by atoms with van der Waals surface area (Å²) in [5.41, 5.74) is 6.52. The largest absolute Gasteiger partial charge is 0.281 e. The molecule has 5 nitrogen and oxygen atoms in total. The minimum atomic E-state index is -0.180. The number of thiophene rings is 1. The van der Waals surface area contributed by atoms with Crippen LogP contribution in [0.3, 0.4) is 0 Å². The second-order valence-electron chi connectivity index (χ2n) is 6.90. The van der Waals surface area contributed by atoms with Gasteiger partial charge in [0, 0.05) is 4.88 Å². The second kappa shape index (κ2) is 8.29. The number of nitrogens with one attached hydrogen (secondary N) is 1. The number of aryl methyl sites for hydroxylation is 3. The van der Waals surface area contributed by atoms with Crippen molar-refractivity contribution in [2.45, 2.75) is 39.2 Å². The van der Waals surface area contributed by atoms with E-state index in [9.17, 15) is 4.79 Å². The molecule has 0 unspecified atom stereocenters. The fraction of sp³-hybridized carbons (Fsp3) is 0.286. The molecule has 0 spiro atoms. The minimum Gasteiger partial charge on any atom is -0.266 e. The molecule has 144 valence electrons. The van der Waals surface area contributed by atoms with E-state index in [1.807, 2.05) is 43.3 Å². The molecule has 0 fully saturated rings. The summed E-state index contributed by atoms with van der Waals surface area (Å²) in [6.45, 7) is 2.46. The third-order valence-electron chi connectivity index (χ3n) is 4.86. The molecule has 7 heteroatoms. The van der Waals surface area contributed by atoms with E-state index in [2.05, 4.69) is 15.6 Å². The van der Waals surface area contributed by atoms with Crippen LogP contribution in [0.1, 0.15) is 49.8 Å². The third kappa shape index (κ3) is 4.03. The lowest BCUT2D eigenvalue weighted by atomic mass is 9.99. The number of benzene rings is 1. The van der Waals surface area contributed by atoms with Gasteiger partial charge in [0.15, 0.2) is 0 Å². The Bertz CT molecular complexity index is 999. The monoisotopic (exact) mass is 412 g/mol. The van der Waals surface area contributed by atoms with Gasteiger partial charge in [-0.25, -0.2) is 10.1 Å². The molecule has 0 bridgehead atoms. The first-order valence-corrected chi connectivity index (χ1v) is 10.5. The second-order valence-corrected chi connectivity index (χ2v) is 8.39. The highest BCUT2D eigenvalue weighted by molar-refractivity contribution is 7.14. The van der Waals surface area contributed by atoms with Crippen LogP contribution in [0.25, 0.3) is 0 Å². The number of hydrazone groups is 1. The Morgan fingerprint density at radius 1 is 1.32 bits per heavy atom. The maximum absolute atomic E-state index is 12.4. The van der Waals surface area contributed by atoms with Crippen molar-refractivity contribution in [3.63, 3.8) is 0 Å². The fourth-order valence-corrected chi connectivity index (χ4v) is 4.81. The molecule has 0 saturated carbocycles. The van der Waals surface area contributed by atoms with E-state index in [-0.39, 0.29) is 5.91 Å². The van der Waals surface area contributed by atoms with Crippen LogP contribution in [-0.2, 0) is 19.4 Å². The zero-order valence-electron chi connectivity index (χ0n) is 15.6. The first kappa shape index (κ1) is 18.9. The summed E-state index contributed by atoms with van der Waals surface area (Å²) < 4.78 is 1.74. The van der Waals surface area contributed by atoms with Crippen LogP contribution < -0.4 is 5.43 Å². The number of carbonyl (C=O) groups is 1.